The van der Waals surface area contributed by atoms with Crippen LogP contribution in [0.25, 0.3) is 0 Å². The summed E-state index contributed by atoms with van der Waals surface area (Å²) in [6, 6.07) is 0.429. The average Bonchev–Trinajstić information content (AvgIpc) is 2.39. The van der Waals surface area contributed by atoms with Gasteiger partial charge in [-0.05, 0) is 58.4 Å². The van der Waals surface area contributed by atoms with Gasteiger partial charge in [0.2, 0.25) is 0 Å². The Kier molecular flexibility index (Phi) is 4.28. The molecule has 2 aliphatic rings. The number of carbonyl (C=O) groups is 1. The fraction of sp³-hybridized carbons (Fsp3) is 0.929. The van der Waals surface area contributed by atoms with Crippen molar-refractivity contribution < 1.29 is 14.6 Å². The monoisotopic (exact) mass is 255 g/mol. The van der Waals surface area contributed by atoms with Crippen molar-refractivity contribution in [1.29, 1.82) is 0 Å². The summed E-state index contributed by atoms with van der Waals surface area (Å²) in [6.07, 6.45) is 7.60. The Morgan fingerprint density at radius 2 is 1.94 bits per heavy atom. The van der Waals surface area contributed by atoms with Crippen molar-refractivity contribution in [2.24, 2.45) is 0 Å². The Bertz CT molecular complexity index is 299. The van der Waals surface area contributed by atoms with Crippen molar-refractivity contribution in [1.82, 2.24) is 4.90 Å². The molecule has 104 valence electrons. The molecule has 1 N–H and O–H groups in total. The fourth-order valence-electron chi connectivity index (χ4n) is 3.55. The molecule has 1 aliphatic carbocycles. The minimum atomic E-state index is -0.656. The number of likely N-dealkylation sites (tertiary alicyclic amines) is 1. The predicted molar refractivity (Wildman–Crippen MR) is 69.7 cm³/mol. The van der Waals surface area contributed by atoms with Crippen LogP contribution in [0.2, 0.25) is 0 Å². The van der Waals surface area contributed by atoms with Crippen LogP contribution in [0.5, 0.6) is 0 Å². The van der Waals surface area contributed by atoms with E-state index >= 15 is 0 Å². The van der Waals surface area contributed by atoms with E-state index in [-0.39, 0.29) is 0 Å². The van der Waals surface area contributed by atoms with E-state index in [0.717, 1.165) is 51.5 Å². The lowest BCUT2D eigenvalue weighted by molar-refractivity contribution is -0.156. The molecule has 0 radical (unpaired) electrons. The molecule has 0 amide bonds. The Labute approximate surface area is 109 Å². The van der Waals surface area contributed by atoms with Crippen molar-refractivity contribution in [3.05, 3.63) is 0 Å². The molecule has 0 aromatic rings. The number of ether oxygens (including phenoxy) is 1. The van der Waals surface area contributed by atoms with Crippen molar-refractivity contribution in [2.45, 2.75) is 69.6 Å². The van der Waals surface area contributed by atoms with E-state index in [0.29, 0.717) is 12.1 Å². The van der Waals surface area contributed by atoms with E-state index < -0.39 is 11.5 Å². The number of nitrogens with zero attached hydrogens (tertiary/aromatic N) is 1. The predicted octanol–water partition coefficient (Wildman–Crippen LogP) is 2.27. The van der Waals surface area contributed by atoms with E-state index in [9.17, 15) is 9.90 Å². The van der Waals surface area contributed by atoms with Gasteiger partial charge in [0, 0.05) is 13.2 Å². The highest BCUT2D eigenvalue weighted by Gasteiger charge is 2.44. The van der Waals surface area contributed by atoms with Gasteiger partial charge in [-0.15, -0.1) is 0 Å². The van der Waals surface area contributed by atoms with Gasteiger partial charge in [0.15, 0.2) is 0 Å². The number of hydrogen-bond donors (Lipinski definition) is 1. The maximum Gasteiger partial charge on any atom is 0.323 e. The number of carboxylic acids is 1. The summed E-state index contributed by atoms with van der Waals surface area (Å²) in [7, 11) is 1.77. The second kappa shape index (κ2) is 5.57. The molecule has 0 aromatic heterocycles. The lowest BCUT2D eigenvalue weighted by Gasteiger charge is -2.48. The summed E-state index contributed by atoms with van der Waals surface area (Å²) in [5.74, 6) is -0.656. The zero-order valence-electron chi connectivity index (χ0n) is 11.5. The molecule has 18 heavy (non-hydrogen) atoms. The van der Waals surface area contributed by atoms with Crippen molar-refractivity contribution in [3.63, 3.8) is 0 Å². The van der Waals surface area contributed by atoms with Crippen molar-refractivity contribution in [2.75, 3.05) is 13.7 Å². The first-order valence-electron chi connectivity index (χ1n) is 7.11. The normalized spacial score (nSPS) is 38.6. The first kappa shape index (κ1) is 13.8. The van der Waals surface area contributed by atoms with E-state index in [1.54, 1.807) is 7.11 Å². The van der Waals surface area contributed by atoms with Crippen molar-refractivity contribution in [3.8, 4) is 0 Å². The van der Waals surface area contributed by atoms with Gasteiger partial charge in [0.05, 0.1) is 6.10 Å². The lowest BCUT2D eigenvalue weighted by Crippen LogP contribution is -2.59. The highest BCUT2D eigenvalue weighted by atomic mass is 16.5. The number of rotatable bonds is 3. The minimum absolute atomic E-state index is 0.377. The van der Waals surface area contributed by atoms with Crippen LogP contribution < -0.4 is 0 Å². The largest absolute Gasteiger partial charge is 0.480 e. The van der Waals surface area contributed by atoms with Crippen LogP contribution in [0.15, 0.2) is 0 Å². The number of carboxylic acid groups (broad SMARTS) is 1. The van der Waals surface area contributed by atoms with Crippen LogP contribution in [0.1, 0.15) is 51.9 Å². The third-order valence-corrected chi connectivity index (χ3v) is 4.83. The summed E-state index contributed by atoms with van der Waals surface area (Å²) in [5.41, 5.74) is -0.650. The van der Waals surface area contributed by atoms with Crippen LogP contribution in [0.3, 0.4) is 0 Å². The summed E-state index contributed by atoms with van der Waals surface area (Å²) >= 11 is 0. The Hall–Kier alpha value is -0.610. The molecule has 0 spiro atoms. The highest BCUT2D eigenvalue weighted by molar-refractivity contribution is 5.78. The molecule has 1 unspecified atom stereocenters. The molecule has 1 heterocycles. The van der Waals surface area contributed by atoms with Gasteiger partial charge >= 0.3 is 5.97 Å². The topological polar surface area (TPSA) is 49.8 Å². The van der Waals surface area contributed by atoms with Gasteiger partial charge in [-0.2, -0.15) is 0 Å². The molecular formula is C14H25NO3. The third-order valence-electron chi connectivity index (χ3n) is 4.83. The molecular weight excluding hydrogens is 230 g/mol. The van der Waals surface area contributed by atoms with Gasteiger partial charge in [0.1, 0.15) is 5.54 Å². The van der Waals surface area contributed by atoms with Crippen LogP contribution in [0.4, 0.5) is 0 Å². The first-order valence-corrected chi connectivity index (χ1v) is 7.11. The van der Waals surface area contributed by atoms with Gasteiger partial charge in [-0.25, -0.2) is 0 Å². The Balaban J connectivity index is 2.04. The SMILES string of the molecule is COC1CCC(N2CCCCC2(C)C(=O)O)CC1. The third kappa shape index (κ3) is 2.54. The average molecular weight is 255 g/mol. The summed E-state index contributed by atoms with van der Waals surface area (Å²) in [5, 5.41) is 9.53. The smallest absolute Gasteiger partial charge is 0.323 e. The summed E-state index contributed by atoms with van der Waals surface area (Å²) in [6.45, 7) is 2.84. The number of methoxy groups -OCH3 is 1. The standard InChI is InChI=1S/C14H25NO3/c1-14(13(16)17)9-3-4-10-15(14)11-5-7-12(18-2)8-6-11/h11-12H,3-10H2,1-2H3,(H,16,17). The second-order valence-corrected chi connectivity index (χ2v) is 5.90. The molecule has 1 saturated heterocycles. The van der Waals surface area contributed by atoms with Gasteiger partial charge in [-0.3, -0.25) is 9.69 Å². The molecule has 2 fully saturated rings. The lowest BCUT2D eigenvalue weighted by atomic mass is 9.83. The van der Waals surface area contributed by atoms with Gasteiger partial charge in [0.25, 0.3) is 0 Å². The second-order valence-electron chi connectivity index (χ2n) is 5.90. The quantitative estimate of drug-likeness (QED) is 0.840. The molecule has 4 heteroatoms. The van der Waals surface area contributed by atoms with Crippen LogP contribution in [-0.2, 0) is 9.53 Å². The van der Waals surface area contributed by atoms with E-state index in [1.807, 2.05) is 6.92 Å². The Morgan fingerprint density at radius 1 is 1.28 bits per heavy atom. The van der Waals surface area contributed by atoms with Crippen molar-refractivity contribution >= 4 is 5.97 Å². The summed E-state index contributed by atoms with van der Waals surface area (Å²) < 4.78 is 5.39. The molecule has 0 bridgehead atoms. The molecule has 4 nitrogen and oxygen atoms in total. The first-order chi connectivity index (χ1) is 8.58. The number of aliphatic carboxylic acids is 1. The molecule has 2 rings (SSSR count). The van der Waals surface area contributed by atoms with E-state index in [2.05, 4.69) is 4.90 Å². The molecule has 1 atom stereocenters. The molecule has 1 aliphatic heterocycles. The molecule has 1 saturated carbocycles. The maximum atomic E-state index is 11.6. The highest BCUT2D eigenvalue weighted by Crippen LogP contribution is 2.35. The Morgan fingerprint density at radius 3 is 2.50 bits per heavy atom. The number of piperidine rings is 1. The van der Waals surface area contributed by atoms with Crippen LogP contribution in [0, 0.1) is 0 Å². The molecule has 0 aromatic carbocycles. The van der Waals surface area contributed by atoms with Crippen LogP contribution >= 0.6 is 0 Å². The number of hydrogen-bond acceptors (Lipinski definition) is 3. The van der Waals surface area contributed by atoms with Gasteiger partial charge < -0.3 is 9.84 Å². The zero-order valence-corrected chi connectivity index (χ0v) is 11.5. The minimum Gasteiger partial charge on any atom is -0.480 e. The van der Waals surface area contributed by atoms with Gasteiger partial charge in [-0.1, -0.05) is 0 Å². The maximum absolute atomic E-state index is 11.6. The summed E-state index contributed by atoms with van der Waals surface area (Å²) in [4.78, 5) is 13.8. The van der Waals surface area contributed by atoms with E-state index in [1.165, 1.54) is 0 Å². The zero-order chi connectivity index (χ0) is 13.2. The van der Waals surface area contributed by atoms with E-state index in [4.69, 9.17) is 4.74 Å². The van der Waals surface area contributed by atoms with Crippen LogP contribution in [-0.4, -0.2) is 47.3 Å². The fourth-order valence-corrected chi connectivity index (χ4v) is 3.55.